The van der Waals surface area contributed by atoms with Crippen LogP contribution in [0.5, 0.6) is 0 Å². The van der Waals surface area contributed by atoms with Crippen molar-refractivity contribution in [2.45, 2.75) is 26.7 Å². The molecule has 74 valence electrons. The molecule has 0 nitrogen and oxygen atoms in total. The molecule has 0 radical (unpaired) electrons. The van der Waals surface area contributed by atoms with Crippen LogP contribution >= 0.6 is 0 Å². The van der Waals surface area contributed by atoms with Gasteiger partial charge in [0.25, 0.3) is 0 Å². The molecule has 0 spiro atoms. The number of rotatable bonds is 3. The Labute approximate surface area is 87.0 Å². The van der Waals surface area contributed by atoms with Crippen molar-refractivity contribution in [3.05, 3.63) is 59.8 Å². The SMILES string of the molecule is C=C/C(C)=C(\C=C)C1=C(C)CCC=C1. The van der Waals surface area contributed by atoms with Crippen LogP contribution in [-0.2, 0) is 0 Å². The summed E-state index contributed by atoms with van der Waals surface area (Å²) in [5, 5.41) is 0. The molecule has 0 aromatic carbocycles. The van der Waals surface area contributed by atoms with Gasteiger partial charge in [0.15, 0.2) is 0 Å². The fourth-order valence-corrected chi connectivity index (χ4v) is 1.69. The molecule has 0 saturated carbocycles. The Balaban J connectivity index is 3.19. The van der Waals surface area contributed by atoms with Crippen molar-refractivity contribution in [2.75, 3.05) is 0 Å². The number of hydrogen-bond acceptors (Lipinski definition) is 0. The molecular formula is C14H18. The highest BCUT2D eigenvalue weighted by molar-refractivity contribution is 5.53. The minimum absolute atomic E-state index is 1.16. The first kappa shape index (κ1) is 10.8. The lowest BCUT2D eigenvalue weighted by molar-refractivity contribution is 0.943. The molecule has 0 bridgehead atoms. The van der Waals surface area contributed by atoms with Crippen LogP contribution in [0, 0.1) is 0 Å². The van der Waals surface area contributed by atoms with E-state index in [0.717, 1.165) is 12.8 Å². The molecule has 0 aromatic rings. The summed E-state index contributed by atoms with van der Waals surface area (Å²) >= 11 is 0. The van der Waals surface area contributed by atoms with E-state index in [9.17, 15) is 0 Å². The molecule has 1 rings (SSSR count). The largest absolute Gasteiger partial charge is 0.0988 e. The van der Waals surface area contributed by atoms with E-state index in [1.807, 2.05) is 12.2 Å². The normalized spacial score (nSPS) is 17.9. The van der Waals surface area contributed by atoms with E-state index in [1.165, 1.54) is 22.3 Å². The predicted molar refractivity (Wildman–Crippen MR) is 64.2 cm³/mol. The molecule has 0 heterocycles. The van der Waals surface area contributed by atoms with Crippen molar-refractivity contribution in [3.63, 3.8) is 0 Å². The Morgan fingerprint density at radius 1 is 1.36 bits per heavy atom. The fraction of sp³-hybridized carbons (Fsp3) is 0.286. The minimum Gasteiger partial charge on any atom is -0.0988 e. The van der Waals surface area contributed by atoms with E-state index in [2.05, 4.69) is 39.2 Å². The van der Waals surface area contributed by atoms with E-state index in [-0.39, 0.29) is 0 Å². The van der Waals surface area contributed by atoms with Crippen molar-refractivity contribution in [3.8, 4) is 0 Å². The van der Waals surface area contributed by atoms with Gasteiger partial charge in [0, 0.05) is 0 Å². The quantitative estimate of drug-likeness (QED) is 0.575. The lowest BCUT2D eigenvalue weighted by Crippen LogP contribution is -1.95. The van der Waals surface area contributed by atoms with Crippen LogP contribution in [0.1, 0.15) is 26.7 Å². The molecule has 0 N–H and O–H groups in total. The van der Waals surface area contributed by atoms with Crippen molar-refractivity contribution >= 4 is 0 Å². The zero-order valence-electron chi connectivity index (χ0n) is 9.14. The molecule has 0 saturated heterocycles. The summed E-state index contributed by atoms with van der Waals surface area (Å²) in [5.41, 5.74) is 5.18. The van der Waals surface area contributed by atoms with Crippen LogP contribution < -0.4 is 0 Å². The van der Waals surface area contributed by atoms with Crippen LogP contribution in [0.4, 0.5) is 0 Å². The van der Waals surface area contributed by atoms with Crippen LogP contribution in [0.2, 0.25) is 0 Å². The molecule has 0 unspecified atom stereocenters. The standard InChI is InChI=1S/C14H18/c1-5-11(3)13(6-2)14-10-8-7-9-12(14)4/h5-6,8,10H,1-2,7,9H2,3-4H3/b13-11+. The average Bonchev–Trinajstić information content (AvgIpc) is 2.21. The second-order valence-electron chi connectivity index (χ2n) is 3.64. The molecule has 0 amide bonds. The monoisotopic (exact) mass is 186 g/mol. The van der Waals surface area contributed by atoms with Gasteiger partial charge in [-0.15, -0.1) is 0 Å². The Hall–Kier alpha value is -1.30. The van der Waals surface area contributed by atoms with Crippen LogP contribution in [0.25, 0.3) is 0 Å². The van der Waals surface area contributed by atoms with Gasteiger partial charge in [-0.1, -0.05) is 43.0 Å². The summed E-state index contributed by atoms with van der Waals surface area (Å²) < 4.78 is 0. The van der Waals surface area contributed by atoms with Crippen molar-refractivity contribution < 1.29 is 0 Å². The van der Waals surface area contributed by atoms with Gasteiger partial charge in [0.2, 0.25) is 0 Å². The third-order valence-corrected chi connectivity index (χ3v) is 2.66. The maximum atomic E-state index is 3.87. The smallest absolute Gasteiger partial charge is 0.0161 e. The Morgan fingerprint density at radius 3 is 2.57 bits per heavy atom. The molecule has 0 heteroatoms. The van der Waals surface area contributed by atoms with Gasteiger partial charge < -0.3 is 0 Å². The zero-order chi connectivity index (χ0) is 10.6. The van der Waals surface area contributed by atoms with E-state index in [4.69, 9.17) is 0 Å². The lowest BCUT2D eigenvalue weighted by atomic mass is 9.91. The van der Waals surface area contributed by atoms with Crippen LogP contribution in [-0.4, -0.2) is 0 Å². The molecule has 0 aliphatic heterocycles. The first-order chi connectivity index (χ1) is 6.70. The highest BCUT2D eigenvalue weighted by Gasteiger charge is 2.08. The summed E-state index contributed by atoms with van der Waals surface area (Å²) in [5.74, 6) is 0. The van der Waals surface area contributed by atoms with E-state index < -0.39 is 0 Å². The topological polar surface area (TPSA) is 0 Å². The van der Waals surface area contributed by atoms with Gasteiger partial charge in [-0.3, -0.25) is 0 Å². The summed E-state index contributed by atoms with van der Waals surface area (Å²) in [6, 6.07) is 0. The second kappa shape index (κ2) is 4.80. The van der Waals surface area contributed by atoms with Crippen molar-refractivity contribution in [1.82, 2.24) is 0 Å². The summed E-state index contributed by atoms with van der Waals surface area (Å²) in [6.07, 6.45) is 10.6. The van der Waals surface area contributed by atoms with E-state index >= 15 is 0 Å². The number of allylic oxidation sites excluding steroid dienone is 8. The highest BCUT2D eigenvalue weighted by Crippen LogP contribution is 2.27. The molecule has 14 heavy (non-hydrogen) atoms. The van der Waals surface area contributed by atoms with Gasteiger partial charge in [-0.2, -0.15) is 0 Å². The highest BCUT2D eigenvalue weighted by atomic mass is 14.1. The number of hydrogen-bond donors (Lipinski definition) is 0. The zero-order valence-corrected chi connectivity index (χ0v) is 9.14. The van der Waals surface area contributed by atoms with Gasteiger partial charge in [0.1, 0.15) is 0 Å². The maximum Gasteiger partial charge on any atom is -0.0161 e. The third kappa shape index (κ3) is 2.14. The molecule has 1 aliphatic carbocycles. The molecule has 1 aliphatic rings. The van der Waals surface area contributed by atoms with E-state index in [1.54, 1.807) is 0 Å². The Morgan fingerprint density at radius 2 is 2.07 bits per heavy atom. The Bertz CT molecular complexity index is 335. The van der Waals surface area contributed by atoms with Crippen LogP contribution in [0.15, 0.2) is 59.8 Å². The third-order valence-electron chi connectivity index (χ3n) is 2.66. The fourth-order valence-electron chi connectivity index (χ4n) is 1.69. The summed E-state index contributed by atoms with van der Waals surface area (Å²) in [7, 11) is 0. The molecule has 0 atom stereocenters. The second-order valence-corrected chi connectivity index (χ2v) is 3.64. The lowest BCUT2D eigenvalue weighted by Gasteiger charge is -2.15. The summed E-state index contributed by atoms with van der Waals surface area (Å²) in [6.45, 7) is 11.9. The van der Waals surface area contributed by atoms with Gasteiger partial charge in [-0.25, -0.2) is 0 Å². The van der Waals surface area contributed by atoms with Crippen LogP contribution in [0.3, 0.4) is 0 Å². The van der Waals surface area contributed by atoms with Gasteiger partial charge in [0.05, 0.1) is 0 Å². The first-order valence-electron chi connectivity index (χ1n) is 5.03. The average molecular weight is 186 g/mol. The Kier molecular flexibility index (Phi) is 3.70. The maximum absolute atomic E-state index is 3.87. The van der Waals surface area contributed by atoms with Gasteiger partial charge in [-0.05, 0) is 43.4 Å². The predicted octanol–water partition coefficient (Wildman–Crippen LogP) is 4.34. The molecule has 0 aromatic heterocycles. The molecular weight excluding hydrogens is 168 g/mol. The van der Waals surface area contributed by atoms with Crippen molar-refractivity contribution in [1.29, 1.82) is 0 Å². The molecule has 0 fully saturated rings. The summed E-state index contributed by atoms with van der Waals surface area (Å²) in [4.78, 5) is 0. The minimum atomic E-state index is 1.16. The first-order valence-corrected chi connectivity index (χ1v) is 5.03. The van der Waals surface area contributed by atoms with E-state index in [0.29, 0.717) is 0 Å². The van der Waals surface area contributed by atoms with Gasteiger partial charge >= 0.3 is 0 Å². The van der Waals surface area contributed by atoms with Crippen molar-refractivity contribution in [2.24, 2.45) is 0 Å².